The molecule has 0 spiro atoms. The number of aromatic nitrogens is 1. The third-order valence-corrected chi connectivity index (χ3v) is 6.93. The first kappa shape index (κ1) is 22.6. The lowest BCUT2D eigenvalue weighted by Gasteiger charge is -2.26. The smallest absolute Gasteiger partial charge is 0.0732 e. The van der Waals surface area contributed by atoms with Crippen LogP contribution in [0.1, 0.15) is 76.5 Å². The SMILES string of the molecule is C/C=C(\C=NCCC)C1=CN=C2C(CCc3ccnc(C4CCC(C)CC4)c3)=NC=CC12. The molecule has 0 saturated heterocycles. The van der Waals surface area contributed by atoms with Gasteiger partial charge < -0.3 is 0 Å². The van der Waals surface area contributed by atoms with Crippen molar-refractivity contribution >= 4 is 17.6 Å². The van der Waals surface area contributed by atoms with E-state index in [-0.39, 0.29) is 5.92 Å². The summed E-state index contributed by atoms with van der Waals surface area (Å²) in [6.45, 7) is 7.45. The highest BCUT2D eigenvalue weighted by atomic mass is 14.8. The van der Waals surface area contributed by atoms with Crippen molar-refractivity contribution in [1.29, 1.82) is 0 Å². The summed E-state index contributed by atoms with van der Waals surface area (Å²) < 4.78 is 0. The number of hydrogen-bond donors (Lipinski definition) is 0. The van der Waals surface area contributed by atoms with E-state index in [9.17, 15) is 0 Å². The van der Waals surface area contributed by atoms with E-state index in [1.807, 2.05) is 24.8 Å². The van der Waals surface area contributed by atoms with Gasteiger partial charge in [-0.05, 0) is 73.8 Å². The monoisotopic (exact) mass is 428 g/mol. The number of fused-ring (bicyclic) bond motifs is 1. The number of rotatable bonds is 8. The molecule has 1 aliphatic carbocycles. The zero-order chi connectivity index (χ0) is 22.3. The van der Waals surface area contributed by atoms with Crippen molar-refractivity contribution in [3.8, 4) is 0 Å². The Balaban J connectivity index is 1.39. The van der Waals surface area contributed by atoms with Crippen LogP contribution in [-0.4, -0.2) is 29.2 Å². The third kappa shape index (κ3) is 5.23. The van der Waals surface area contributed by atoms with Crippen LogP contribution in [0, 0.1) is 11.8 Å². The summed E-state index contributed by atoms with van der Waals surface area (Å²) in [5.41, 5.74) is 7.23. The minimum atomic E-state index is 0.194. The van der Waals surface area contributed by atoms with Crippen LogP contribution in [0.5, 0.6) is 0 Å². The van der Waals surface area contributed by atoms with Crippen LogP contribution in [0.15, 0.2) is 69.0 Å². The van der Waals surface area contributed by atoms with Crippen molar-refractivity contribution in [3.63, 3.8) is 0 Å². The number of aryl methyl sites for hydroxylation is 1. The molecule has 1 aromatic rings. The molecule has 0 bridgehead atoms. The summed E-state index contributed by atoms with van der Waals surface area (Å²) in [7, 11) is 0. The molecule has 0 amide bonds. The van der Waals surface area contributed by atoms with Gasteiger partial charge in [-0.15, -0.1) is 0 Å². The highest BCUT2D eigenvalue weighted by Gasteiger charge is 2.29. The Kier molecular flexibility index (Phi) is 7.62. The van der Waals surface area contributed by atoms with E-state index in [2.05, 4.69) is 50.0 Å². The average Bonchev–Trinajstić information content (AvgIpc) is 3.26. The number of allylic oxidation sites excluding steroid dienone is 4. The Bertz CT molecular complexity index is 984. The van der Waals surface area contributed by atoms with E-state index >= 15 is 0 Å². The summed E-state index contributed by atoms with van der Waals surface area (Å²) in [5.74, 6) is 1.69. The van der Waals surface area contributed by atoms with Crippen LogP contribution in [-0.2, 0) is 6.42 Å². The van der Waals surface area contributed by atoms with Crippen molar-refractivity contribution < 1.29 is 0 Å². The second-order valence-electron chi connectivity index (χ2n) is 9.32. The van der Waals surface area contributed by atoms with Crippen molar-refractivity contribution in [2.75, 3.05) is 6.54 Å². The predicted molar refractivity (Wildman–Crippen MR) is 136 cm³/mol. The Morgan fingerprint density at radius 2 is 2.00 bits per heavy atom. The normalized spacial score (nSPS) is 25.5. The quantitative estimate of drug-likeness (QED) is 0.427. The summed E-state index contributed by atoms with van der Waals surface area (Å²) in [6.07, 6.45) is 20.4. The van der Waals surface area contributed by atoms with Gasteiger partial charge >= 0.3 is 0 Å². The molecule has 168 valence electrons. The van der Waals surface area contributed by atoms with Gasteiger partial charge in [0.2, 0.25) is 0 Å². The highest BCUT2D eigenvalue weighted by Crippen LogP contribution is 2.35. The fraction of sp³-hybridized carbons (Fsp3) is 0.500. The third-order valence-electron chi connectivity index (χ3n) is 6.93. The Labute approximate surface area is 193 Å². The predicted octanol–water partition coefficient (Wildman–Crippen LogP) is 6.66. The zero-order valence-corrected chi connectivity index (χ0v) is 19.8. The minimum absolute atomic E-state index is 0.194. The number of pyridine rings is 1. The maximum atomic E-state index is 4.79. The Morgan fingerprint density at radius 3 is 2.78 bits per heavy atom. The second kappa shape index (κ2) is 10.8. The number of hydrogen-bond acceptors (Lipinski definition) is 4. The molecule has 1 aromatic heterocycles. The Hall–Kier alpha value is -2.62. The van der Waals surface area contributed by atoms with Crippen LogP contribution in [0.2, 0.25) is 0 Å². The molecule has 4 nitrogen and oxygen atoms in total. The lowest BCUT2D eigenvalue weighted by atomic mass is 9.81. The molecule has 3 heterocycles. The molecule has 32 heavy (non-hydrogen) atoms. The van der Waals surface area contributed by atoms with Gasteiger partial charge in [-0.1, -0.05) is 38.8 Å². The summed E-state index contributed by atoms with van der Waals surface area (Å²) in [5, 5.41) is 0. The van der Waals surface area contributed by atoms with Crippen molar-refractivity contribution in [2.24, 2.45) is 26.8 Å². The van der Waals surface area contributed by atoms with Gasteiger partial charge in [0.1, 0.15) is 0 Å². The van der Waals surface area contributed by atoms with E-state index < -0.39 is 0 Å². The van der Waals surface area contributed by atoms with E-state index in [0.717, 1.165) is 48.7 Å². The minimum Gasteiger partial charge on any atom is -0.293 e. The first-order valence-electron chi connectivity index (χ1n) is 12.3. The van der Waals surface area contributed by atoms with E-state index in [1.54, 1.807) is 0 Å². The fourth-order valence-corrected chi connectivity index (χ4v) is 4.93. The van der Waals surface area contributed by atoms with Gasteiger partial charge in [0.25, 0.3) is 0 Å². The molecule has 3 aliphatic rings. The van der Waals surface area contributed by atoms with Crippen molar-refractivity contribution in [2.45, 2.75) is 71.6 Å². The lowest BCUT2D eigenvalue weighted by Crippen LogP contribution is -2.25. The van der Waals surface area contributed by atoms with Gasteiger partial charge in [0.15, 0.2) is 0 Å². The van der Waals surface area contributed by atoms with E-state index in [0.29, 0.717) is 5.92 Å². The van der Waals surface area contributed by atoms with Crippen LogP contribution in [0.25, 0.3) is 0 Å². The molecular formula is C28H36N4. The molecule has 2 aliphatic heterocycles. The maximum absolute atomic E-state index is 4.79. The van der Waals surface area contributed by atoms with Crippen molar-refractivity contribution in [3.05, 3.63) is 65.3 Å². The largest absolute Gasteiger partial charge is 0.293 e. The summed E-state index contributed by atoms with van der Waals surface area (Å²) in [6, 6.07) is 4.49. The molecule has 1 fully saturated rings. The molecule has 1 saturated carbocycles. The fourth-order valence-electron chi connectivity index (χ4n) is 4.93. The van der Waals surface area contributed by atoms with Gasteiger partial charge in [-0.3, -0.25) is 20.0 Å². The van der Waals surface area contributed by atoms with Crippen LogP contribution in [0.3, 0.4) is 0 Å². The topological polar surface area (TPSA) is 50.0 Å². The maximum Gasteiger partial charge on any atom is 0.0732 e. The molecule has 0 aromatic carbocycles. The molecule has 0 N–H and O–H groups in total. The molecular weight excluding hydrogens is 392 g/mol. The molecule has 0 radical (unpaired) electrons. The zero-order valence-electron chi connectivity index (χ0n) is 19.8. The summed E-state index contributed by atoms with van der Waals surface area (Å²) in [4.78, 5) is 18.7. The van der Waals surface area contributed by atoms with Crippen molar-refractivity contribution in [1.82, 2.24) is 4.98 Å². The van der Waals surface area contributed by atoms with Gasteiger partial charge in [-0.2, -0.15) is 0 Å². The molecule has 1 atom stereocenters. The summed E-state index contributed by atoms with van der Waals surface area (Å²) >= 11 is 0. The number of aliphatic imine (C=N–C) groups is 3. The first-order valence-corrected chi connectivity index (χ1v) is 12.3. The molecule has 4 heteroatoms. The molecule has 4 rings (SSSR count). The van der Waals surface area contributed by atoms with Gasteiger partial charge in [0.05, 0.1) is 17.3 Å². The standard InChI is InChI=1S/C28H36N4/c1-4-14-29-18-22(5-2)25-19-32-28-24(25)13-16-30-26(28)11-8-21-12-15-31-27(17-21)23-9-6-20(3)7-10-23/h5,12-13,15-20,23-24H,4,6-11,14H2,1-3H3/b22-5+,29-18?. The van der Waals surface area contributed by atoms with Gasteiger partial charge in [0, 0.05) is 43.0 Å². The van der Waals surface area contributed by atoms with Gasteiger partial charge in [-0.25, -0.2) is 0 Å². The van der Waals surface area contributed by atoms with E-state index in [1.165, 1.54) is 42.5 Å². The average molecular weight is 429 g/mol. The highest BCUT2D eigenvalue weighted by molar-refractivity contribution is 6.45. The Morgan fingerprint density at radius 1 is 1.16 bits per heavy atom. The van der Waals surface area contributed by atoms with Crippen LogP contribution in [0.4, 0.5) is 0 Å². The van der Waals surface area contributed by atoms with Crippen LogP contribution >= 0.6 is 0 Å². The lowest BCUT2D eigenvalue weighted by molar-refractivity contribution is 0.344. The van der Waals surface area contributed by atoms with Crippen LogP contribution < -0.4 is 0 Å². The van der Waals surface area contributed by atoms with E-state index in [4.69, 9.17) is 15.0 Å². The second-order valence-corrected chi connectivity index (χ2v) is 9.32. The number of nitrogens with zero attached hydrogens (tertiary/aromatic N) is 4. The molecule has 1 unspecified atom stereocenters. The first-order chi connectivity index (χ1) is 15.7.